The van der Waals surface area contributed by atoms with Crippen molar-refractivity contribution in [1.82, 2.24) is 0 Å². The smallest absolute Gasteiger partial charge is 0.337 e. The summed E-state index contributed by atoms with van der Waals surface area (Å²) in [7, 11) is 1.28. The summed E-state index contributed by atoms with van der Waals surface area (Å²) in [5.74, 6) is 0.432. The lowest BCUT2D eigenvalue weighted by Crippen LogP contribution is -2.48. The van der Waals surface area contributed by atoms with Crippen LogP contribution in [0.15, 0.2) is 30.3 Å². The molecule has 1 aliphatic heterocycles. The van der Waals surface area contributed by atoms with E-state index in [-0.39, 0.29) is 12.0 Å². The van der Waals surface area contributed by atoms with Crippen LogP contribution in [-0.2, 0) is 14.3 Å². The van der Waals surface area contributed by atoms with E-state index in [1.165, 1.54) is 12.7 Å². The number of carbonyl (C=O) groups is 1. The normalized spacial score (nSPS) is 30.1. The maximum atomic E-state index is 11.6. The Bertz CT molecular complexity index is 485. The summed E-state index contributed by atoms with van der Waals surface area (Å²) in [6, 6.07) is 10.3. The molecule has 1 aromatic carbocycles. The number of hydrogen-bond acceptors (Lipinski definition) is 4. The van der Waals surface area contributed by atoms with Crippen molar-refractivity contribution in [2.75, 3.05) is 7.11 Å². The van der Waals surface area contributed by atoms with Gasteiger partial charge in [-0.25, -0.2) is 4.79 Å². The molecule has 0 radical (unpaired) electrons. The average Bonchev–Trinajstić information content (AvgIpc) is 2.53. The van der Waals surface area contributed by atoms with Crippen LogP contribution < -0.4 is 0 Å². The zero-order valence-electron chi connectivity index (χ0n) is 13.7. The predicted octanol–water partition coefficient (Wildman–Crippen LogP) is 2.75. The Labute approximate surface area is 132 Å². The van der Waals surface area contributed by atoms with Gasteiger partial charge in [0.25, 0.3) is 0 Å². The Balaban J connectivity index is 2.27. The third-order valence-electron chi connectivity index (χ3n) is 4.67. The van der Waals surface area contributed by atoms with E-state index in [1.54, 1.807) is 0 Å². The van der Waals surface area contributed by atoms with Gasteiger partial charge in [-0.05, 0) is 36.7 Å². The van der Waals surface area contributed by atoms with E-state index in [2.05, 4.69) is 30.7 Å². The van der Waals surface area contributed by atoms with Crippen molar-refractivity contribution in [2.24, 2.45) is 11.8 Å². The largest absolute Gasteiger partial charge is 0.467 e. The molecule has 0 unspecified atom stereocenters. The highest BCUT2D eigenvalue weighted by atomic mass is 16.6. The van der Waals surface area contributed by atoms with Gasteiger partial charge in [-0.15, -0.1) is 0 Å². The molecule has 0 amide bonds. The summed E-state index contributed by atoms with van der Waals surface area (Å²) in [6.07, 6.45) is -1.16. The molecule has 4 heteroatoms. The first-order valence-corrected chi connectivity index (χ1v) is 7.92. The number of esters is 1. The first-order valence-electron chi connectivity index (χ1n) is 7.92. The molecular weight excluding hydrogens is 280 g/mol. The molecule has 1 fully saturated rings. The zero-order chi connectivity index (χ0) is 16.3. The van der Waals surface area contributed by atoms with Gasteiger partial charge in [-0.1, -0.05) is 44.2 Å². The van der Waals surface area contributed by atoms with E-state index < -0.39 is 18.2 Å². The summed E-state index contributed by atoms with van der Waals surface area (Å²) >= 11 is 0. The molecule has 0 bridgehead atoms. The van der Waals surface area contributed by atoms with Crippen LogP contribution in [0.4, 0.5) is 0 Å². The highest BCUT2D eigenvalue weighted by molar-refractivity contribution is 5.75. The molecule has 1 N–H and O–H groups in total. The van der Waals surface area contributed by atoms with Gasteiger partial charge >= 0.3 is 5.97 Å². The van der Waals surface area contributed by atoms with Crippen LogP contribution in [0.2, 0.25) is 0 Å². The number of hydrogen-bond donors (Lipinski definition) is 1. The quantitative estimate of drug-likeness (QED) is 0.869. The fourth-order valence-electron chi connectivity index (χ4n) is 3.70. The molecule has 0 saturated carbocycles. The highest BCUT2D eigenvalue weighted by Gasteiger charge is 2.42. The maximum Gasteiger partial charge on any atom is 0.337 e. The van der Waals surface area contributed by atoms with Gasteiger partial charge in [0, 0.05) is 0 Å². The molecule has 0 spiro atoms. The van der Waals surface area contributed by atoms with Crippen LogP contribution in [0.1, 0.15) is 38.7 Å². The summed E-state index contributed by atoms with van der Waals surface area (Å²) < 4.78 is 10.6. The van der Waals surface area contributed by atoms with E-state index in [9.17, 15) is 9.90 Å². The minimum atomic E-state index is -1.23. The molecule has 22 heavy (non-hydrogen) atoms. The summed E-state index contributed by atoms with van der Waals surface area (Å²) in [5, 5.41) is 10.2. The number of methoxy groups -OCH3 is 1. The minimum absolute atomic E-state index is 0.0248. The Morgan fingerprint density at radius 1 is 1.32 bits per heavy atom. The molecule has 2 rings (SSSR count). The van der Waals surface area contributed by atoms with E-state index in [0.29, 0.717) is 18.3 Å². The number of benzene rings is 1. The molecular formula is C18H26O4. The van der Waals surface area contributed by atoms with Crippen molar-refractivity contribution in [1.29, 1.82) is 0 Å². The fraction of sp³-hybridized carbons (Fsp3) is 0.611. The van der Waals surface area contributed by atoms with Crippen LogP contribution in [0.5, 0.6) is 0 Å². The lowest BCUT2D eigenvalue weighted by molar-refractivity contribution is -0.174. The van der Waals surface area contributed by atoms with Crippen molar-refractivity contribution in [3.8, 4) is 0 Å². The summed E-state index contributed by atoms with van der Waals surface area (Å²) in [4.78, 5) is 11.6. The number of carbonyl (C=O) groups excluding carboxylic acids is 1. The monoisotopic (exact) mass is 306 g/mol. The molecule has 0 aliphatic carbocycles. The third kappa shape index (κ3) is 3.50. The predicted molar refractivity (Wildman–Crippen MR) is 84.5 cm³/mol. The third-order valence-corrected chi connectivity index (χ3v) is 4.67. The first-order chi connectivity index (χ1) is 10.5. The number of aliphatic hydroxyl groups excluding tert-OH is 1. The van der Waals surface area contributed by atoms with Crippen molar-refractivity contribution in [2.45, 2.75) is 51.4 Å². The van der Waals surface area contributed by atoms with Crippen LogP contribution in [0.25, 0.3) is 0 Å². The van der Waals surface area contributed by atoms with Crippen molar-refractivity contribution in [3.05, 3.63) is 35.9 Å². The van der Waals surface area contributed by atoms with Crippen LogP contribution in [0, 0.1) is 11.8 Å². The van der Waals surface area contributed by atoms with Crippen molar-refractivity contribution in [3.63, 3.8) is 0 Å². The van der Waals surface area contributed by atoms with E-state index in [0.717, 1.165) is 0 Å². The zero-order valence-corrected chi connectivity index (χ0v) is 13.7. The summed E-state index contributed by atoms with van der Waals surface area (Å²) in [5.41, 5.74) is 1.23. The van der Waals surface area contributed by atoms with Gasteiger partial charge in [-0.2, -0.15) is 0 Å². The van der Waals surface area contributed by atoms with Crippen LogP contribution in [0.3, 0.4) is 0 Å². The lowest BCUT2D eigenvalue weighted by Gasteiger charge is -2.44. The second-order valence-electron chi connectivity index (χ2n) is 6.42. The molecule has 1 aromatic rings. The van der Waals surface area contributed by atoms with Gasteiger partial charge < -0.3 is 14.6 Å². The van der Waals surface area contributed by atoms with Gasteiger partial charge in [0.05, 0.1) is 19.3 Å². The molecule has 1 heterocycles. The molecule has 1 saturated heterocycles. The second kappa shape index (κ2) is 7.25. The minimum Gasteiger partial charge on any atom is -0.467 e. The van der Waals surface area contributed by atoms with Crippen molar-refractivity contribution >= 4 is 5.97 Å². The van der Waals surface area contributed by atoms with E-state index >= 15 is 0 Å². The van der Waals surface area contributed by atoms with Gasteiger partial charge in [-0.3, -0.25) is 0 Å². The number of aliphatic hydroxyl groups is 1. The second-order valence-corrected chi connectivity index (χ2v) is 6.42. The molecule has 0 aromatic heterocycles. The first kappa shape index (κ1) is 17.0. The molecule has 1 aliphatic rings. The Morgan fingerprint density at radius 3 is 2.50 bits per heavy atom. The number of ether oxygens (including phenoxy) is 2. The van der Waals surface area contributed by atoms with Crippen LogP contribution in [-0.4, -0.2) is 36.5 Å². The Hall–Kier alpha value is -1.39. The SMILES string of the molecule is COC(=O)[C@H](O)[C@@H]1C[C@H](c2ccccc2)[C@@H](C(C)C)[C@H](C)O1. The molecule has 122 valence electrons. The van der Waals surface area contributed by atoms with E-state index in [4.69, 9.17) is 4.74 Å². The average molecular weight is 306 g/mol. The fourth-order valence-corrected chi connectivity index (χ4v) is 3.70. The lowest BCUT2D eigenvalue weighted by atomic mass is 9.71. The van der Waals surface area contributed by atoms with Gasteiger partial charge in [0.15, 0.2) is 6.10 Å². The van der Waals surface area contributed by atoms with Gasteiger partial charge in [0.1, 0.15) is 0 Å². The molecule has 5 atom stereocenters. The Kier molecular flexibility index (Phi) is 5.59. The highest BCUT2D eigenvalue weighted by Crippen LogP contribution is 2.42. The maximum absolute atomic E-state index is 11.6. The van der Waals surface area contributed by atoms with Crippen molar-refractivity contribution < 1.29 is 19.4 Å². The van der Waals surface area contributed by atoms with Crippen LogP contribution >= 0.6 is 0 Å². The number of rotatable bonds is 4. The Morgan fingerprint density at radius 2 is 1.95 bits per heavy atom. The molecule has 4 nitrogen and oxygen atoms in total. The van der Waals surface area contributed by atoms with Gasteiger partial charge in [0.2, 0.25) is 0 Å². The van der Waals surface area contributed by atoms with E-state index in [1.807, 2.05) is 25.1 Å². The standard InChI is InChI=1S/C18H26O4/c1-11(2)16-12(3)22-15(17(19)18(20)21-4)10-14(16)13-8-6-5-7-9-13/h5-9,11-12,14-17,19H,10H2,1-4H3/t12-,14+,15-,16-,17+/m0/s1. The topological polar surface area (TPSA) is 55.8 Å². The summed E-state index contributed by atoms with van der Waals surface area (Å²) in [6.45, 7) is 6.41.